The van der Waals surface area contributed by atoms with Crippen LogP contribution in [0.1, 0.15) is 30.7 Å². The maximum Gasteiger partial charge on any atom is 0.352 e. The van der Waals surface area contributed by atoms with Crippen molar-refractivity contribution in [1.29, 1.82) is 0 Å². The minimum atomic E-state index is -1.77. The molecule has 3 aliphatic heterocycles. The standard InChI is InChI=1S/C34H33N9O7S2/c1-34(2,32(48)49)50-40-24(22-17-52-33(35)38-22)28(44)39-25-29(45)43-26(31(46)47)21(16-51-30(25)43)15-41-11-8-23-20(14-41)7-12-42(23)13-18-3-5-19(6-4-18)27-36-9-10-37-27/h3-8,11-12,14,17,25,30H,9-10,13,15-16H2,1-2H3,(H5-,35,36,37,38,39,44,46,47,48,49)/p+1/b40-24-/t25-,30-/m1/s1. The Bertz CT molecular complexity index is 2210. The molecule has 7 rings (SSSR count). The first-order chi connectivity index (χ1) is 24.9. The topological polar surface area (TPSA) is 218 Å². The summed E-state index contributed by atoms with van der Waals surface area (Å²) >= 11 is 2.36. The Morgan fingerprint density at radius 1 is 1.19 bits per heavy atom. The molecule has 0 spiro atoms. The number of thiazole rings is 1. The Kier molecular flexibility index (Phi) is 9.18. The number of carbonyl (C=O) groups excluding carboxylic acids is 2. The molecular formula is C34H34N9O7S2+. The number of carbonyl (C=O) groups is 4. The second-order valence-corrected chi connectivity index (χ2v) is 14.8. The number of benzene rings is 1. The molecule has 6 N–H and O–H groups in total. The minimum absolute atomic E-state index is 0.0284. The molecule has 4 aromatic rings. The van der Waals surface area contributed by atoms with E-state index in [-0.39, 0.29) is 28.8 Å². The number of anilines is 1. The summed E-state index contributed by atoms with van der Waals surface area (Å²) < 4.78 is 4.04. The third-order valence-electron chi connectivity index (χ3n) is 8.79. The number of nitrogens with zero attached hydrogens (tertiary/aromatic N) is 6. The van der Waals surface area contributed by atoms with Gasteiger partial charge in [-0.3, -0.25) is 19.5 Å². The molecule has 1 aromatic carbocycles. The van der Waals surface area contributed by atoms with Crippen LogP contribution in [0.5, 0.6) is 0 Å². The van der Waals surface area contributed by atoms with Gasteiger partial charge in [-0.25, -0.2) is 19.1 Å². The maximum absolute atomic E-state index is 13.4. The average molecular weight is 745 g/mol. The van der Waals surface area contributed by atoms with E-state index in [1.54, 1.807) is 0 Å². The summed E-state index contributed by atoms with van der Waals surface area (Å²) in [6.07, 6.45) is 5.85. The molecule has 18 heteroatoms. The van der Waals surface area contributed by atoms with E-state index in [1.807, 2.05) is 35.3 Å². The first-order valence-corrected chi connectivity index (χ1v) is 18.1. The maximum atomic E-state index is 13.4. The molecule has 3 aromatic heterocycles. The number of β-lactam (4-membered cyclic amide) rings is 1. The fourth-order valence-corrected chi connectivity index (χ4v) is 7.90. The lowest BCUT2D eigenvalue weighted by molar-refractivity contribution is -0.687. The number of amides is 2. The number of pyridine rings is 1. The van der Waals surface area contributed by atoms with Crippen LogP contribution in [0.4, 0.5) is 5.13 Å². The number of fused-ring (bicyclic) bond motifs is 2. The molecule has 1 fully saturated rings. The Labute approximate surface area is 304 Å². The van der Waals surface area contributed by atoms with Gasteiger partial charge in [-0.1, -0.05) is 29.4 Å². The zero-order chi connectivity index (χ0) is 36.7. The van der Waals surface area contributed by atoms with E-state index < -0.39 is 40.8 Å². The zero-order valence-electron chi connectivity index (χ0n) is 28.0. The molecule has 268 valence electrons. The van der Waals surface area contributed by atoms with Crippen molar-refractivity contribution in [2.75, 3.05) is 24.6 Å². The molecule has 0 radical (unpaired) electrons. The summed E-state index contributed by atoms with van der Waals surface area (Å²) in [5.41, 5.74) is 7.26. The number of aliphatic carboxylic acids is 2. The monoisotopic (exact) mass is 744 g/mol. The van der Waals surface area contributed by atoms with Crippen LogP contribution in [0.3, 0.4) is 0 Å². The van der Waals surface area contributed by atoms with E-state index in [0.29, 0.717) is 17.9 Å². The van der Waals surface area contributed by atoms with Gasteiger partial charge in [0.1, 0.15) is 28.6 Å². The number of aromatic nitrogens is 3. The number of nitrogens with one attached hydrogen (secondary N) is 2. The second-order valence-electron chi connectivity index (χ2n) is 12.8. The summed E-state index contributed by atoms with van der Waals surface area (Å²) in [6, 6.07) is 11.2. The minimum Gasteiger partial charge on any atom is -0.478 e. The van der Waals surface area contributed by atoms with Gasteiger partial charge in [0, 0.05) is 47.6 Å². The second kappa shape index (κ2) is 13.8. The Morgan fingerprint density at radius 3 is 2.65 bits per heavy atom. The smallest absolute Gasteiger partial charge is 0.352 e. The van der Waals surface area contributed by atoms with Gasteiger partial charge in [0.15, 0.2) is 29.8 Å². The van der Waals surface area contributed by atoms with Gasteiger partial charge in [-0.05, 0) is 25.5 Å². The summed E-state index contributed by atoms with van der Waals surface area (Å²) in [6.45, 7) is 5.07. The SMILES string of the molecule is CC(C)(O/N=C(\C(=O)N[C@@H]1C(=O)N2C(C(=O)O)=C(C[n+]3ccc4c(ccn4Cc4ccc(C5=NCCN5)cc4)c3)CS[C@H]12)c1csc(N)n1)C(=O)O. The Morgan fingerprint density at radius 2 is 1.98 bits per heavy atom. The number of amidine groups is 1. The molecule has 3 aliphatic rings. The highest BCUT2D eigenvalue weighted by molar-refractivity contribution is 8.00. The molecule has 0 bridgehead atoms. The summed E-state index contributed by atoms with van der Waals surface area (Å²) in [4.78, 5) is 65.8. The molecule has 0 saturated carbocycles. The van der Waals surface area contributed by atoms with Crippen molar-refractivity contribution < 1.29 is 38.8 Å². The fraction of sp³-hybridized carbons (Fsp3) is 0.294. The molecule has 2 amide bonds. The average Bonchev–Trinajstić information content (AvgIpc) is 3.89. The predicted octanol–water partition coefficient (Wildman–Crippen LogP) is 1.39. The number of hydrogen-bond acceptors (Lipinski definition) is 12. The summed E-state index contributed by atoms with van der Waals surface area (Å²) in [5, 5.41) is 31.2. The highest BCUT2D eigenvalue weighted by Crippen LogP contribution is 2.40. The van der Waals surface area contributed by atoms with Crippen LogP contribution < -0.4 is 20.9 Å². The van der Waals surface area contributed by atoms with Crippen molar-refractivity contribution in [3.8, 4) is 0 Å². The van der Waals surface area contributed by atoms with Gasteiger partial charge in [-0.2, -0.15) is 0 Å². The van der Waals surface area contributed by atoms with E-state index in [9.17, 15) is 29.4 Å². The molecule has 1 saturated heterocycles. The van der Waals surface area contributed by atoms with Gasteiger partial charge in [0.05, 0.1) is 17.4 Å². The molecule has 0 aliphatic carbocycles. The number of nitrogen functional groups attached to an aromatic ring is 1. The molecule has 52 heavy (non-hydrogen) atoms. The lowest BCUT2D eigenvalue weighted by atomic mass is 10.0. The number of oxime groups is 1. The first-order valence-electron chi connectivity index (χ1n) is 16.2. The quantitative estimate of drug-likeness (QED) is 0.0604. The van der Waals surface area contributed by atoms with Gasteiger partial charge >= 0.3 is 11.9 Å². The van der Waals surface area contributed by atoms with Crippen LogP contribution in [-0.2, 0) is 37.1 Å². The molecule has 2 atom stereocenters. The van der Waals surface area contributed by atoms with Crippen LogP contribution in [-0.4, -0.2) is 95.8 Å². The number of nitrogens with two attached hydrogens (primary N) is 1. The van der Waals surface area contributed by atoms with Gasteiger partial charge in [0.25, 0.3) is 11.8 Å². The highest BCUT2D eigenvalue weighted by Gasteiger charge is 2.55. The molecular weight excluding hydrogens is 711 g/mol. The van der Waals surface area contributed by atoms with Crippen LogP contribution in [0.2, 0.25) is 0 Å². The molecule has 0 unspecified atom stereocenters. The van der Waals surface area contributed by atoms with Crippen LogP contribution >= 0.6 is 23.1 Å². The van der Waals surface area contributed by atoms with Crippen molar-refractivity contribution in [1.82, 2.24) is 25.1 Å². The molecule has 6 heterocycles. The number of hydrogen-bond donors (Lipinski definition) is 5. The van der Waals surface area contributed by atoms with Crippen molar-refractivity contribution in [3.63, 3.8) is 0 Å². The number of carboxylic acids is 2. The number of carboxylic acid groups (broad SMARTS) is 2. The zero-order valence-corrected chi connectivity index (χ0v) is 29.6. The van der Waals surface area contributed by atoms with Crippen LogP contribution in [0, 0.1) is 0 Å². The Balaban J connectivity index is 1.05. The van der Waals surface area contributed by atoms with Crippen LogP contribution in [0.15, 0.2) is 81.8 Å². The number of thioether (sulfide) groups is 1. The van der Waals surface area contributed by atoms with E-state index >= 15 is 0 Å². The van der Waals surface area contributed by atoms with E-state index in [2.05, 4.69) is 54.6 Å². The highest BCUT2D eigenvalue weighted by atomic mass is 32.2. The summed E-state index contributed by atoms with van der Waals surface area (Å²) in [7, 11) is 0. The van der Waals surface area contributed by atoms with Crippen molar-refractivity contribution >= 4 is 74.4 Å². The van der Waals surface area contributed by atoms with Gasteiger partial charge < -0.3 is 36.0 Å². The van der Waals surface area contributed by atoms with Crippen LogP contribution in [0.25, 0.3) is 10.9 Å². The van der Waals surface area contributed by atoms with E-state index in [4.69, 9.17) is 10.6 Å². The third kappa shape index (κ3) is 6.69. The van der Waals surface area contributed by atoms with Crippen molar-refractivity contribution in [2.24, 2.45) is 10.1 Å². The van der Waals surface area contributed by atoms with Crippen molar-refractivity contribution in [2.45, 2.75) is 44.0 Å². The van der Waals surface area contributed by atoms with Gasteiger partial charge in [0.2, 0.25) is 5.60 Å². The lowest BCUT2D eigenvalue weighted by Crippen LogP contribution is -2.71. The largest absolute Gasteiger partial charge is 0.478 e. The first kappa shape index (κ1) is 34.7. The number of rotatable bonds is 12. The van der Waals surface area contributed by atoms with Gasteiger partial charge in [-0.15, -0.1) is 23.1 Å². The van der Waals surface area contributed by atoms with E-state index in [1.165, 1.54) is 35.9 Å². The predicted molar refractivity (Wildman–Crippen MR) is 193 cm³/mol. The molecule has 16 nitrogen and oxygen atoms in total. The lowest BCUT2D eigenvalue weighted by Gasteiger charge is -2.49. The Hall–Kier alpha value is -5.75. The third-order valence-corrected chi connectivity index (χ3v) is 10.8. The van der Waals surface area contributed by atoms with Crippen molar-refractivity contribution in [3.05, 3.63) is 88.5 Å². The van der Waals surface area contributed by atoms with E-state index in [0.717, 1.165) is 52.3 Å². The normalized spacial score (nSPS) is 18.8. The summed E-state index contributed by atoms with van der Waals surface area (Å²) in [5.74, 6) is -2.82. The number of aliphatic imine (C=N–C) groups is 1. The fourth-order valence-electron chi connectivity index (χ4n) is 6.02.